The zero-order valence-electron chi connectivity index (χ0n) is 12.3. The van der Waals surface area contributed by atoms with Crippen LogP contribution in [0, 0.1) is 5.92 Å². The summed E-state index contributed by atoms with van der Waals surface area (Å²) in [5.74, 6) is 0.709. The summed E-state index contributed by atoms with van der Waals surface area (Å²) in [6.45, 7) is 5.57. The third-order valence-electron chi connectivity index (χ3n) is 3.02. The fourth-order valence-corrected chi connectivity index (χ4v) is 2.10. The predicted octanol–water partition coefficient (Wildman–Crippen LogP) is 4.09. The largest absolute Gasteiger partial charge is 0.405 e. The first-order valence-corrected chi connectivity index (χ1v) is 7.86. The van der Waals surface area contributed by atoms with Crippen LogP contribution >= 0.6 is 11.3 Å². The summed E-state index contributed by atoms with van der Waals surface area (Å²) in [4.78, 5) is 5.58. The van der Waals surface area contributed by atoms with Crippen molar-refractivity contribution in [3.05, 3.63) is 40.7 Å². The van der Waals surface area contributed by atoms with E-state index in [2.05, 4.69) is 24.9 Å². The van der Waals surface area contributed by atoms with Crippen LogP contribution in [-0.4, -0.2) is 19.0 Å². The molecule has 1 aromatic heterocycles. The smallest absolute Gasteiger partial charge is 0.138 e. The molecule has 110 valence electrons. The molecule has 0 saturated carbocycles. The highest BCUT2D eigenvalue weighted by molar-refractivity contribution is 7.10. The van der Waals surface area contributed by atoms with Crippen LogP contribution in [0.15, 0.2) is 40.9 Å². The second-order valence-electron chi connectivity index (χ2n) is 4.63. The van der Waals surface area contributed by atoms with E-state index < -0.39 is 0 Å². The van der Waals surface area contributed by atoms with E-state index in [0.29, 0.717) is 12.6 Å². The molecule has 0 saturated heterocycles. The molecule has 1 heterocycles. The number of rotatable bonds is 9. The minimum absolute atomic E-state index is 0.380. The van der Waals surface area contributed by atoms with Crippen molar-refractivity contribution in [3.63, 3.8) is 0 Å². The van der Waals surface area contributed by atoms with E-state index in [9.17, 15) is 0 Å². The van der Waals surface area contributed by atoms with Gasteiger partial charge in [-0.15, -0.1) is 11.3 Å². The average Bonchev–Trinajstić information content (AvgIpc) is 2.97. The van der Waals surface area contributed by atoms with E-state index in [1.54, 1.807) is 17.4 Å². The van der Waals surface area contributed by atoms with E-state index in [1.165, 1.54) is 17.5 Å². The van der Waals surface area contributed by atoms with Crippen LogP contribution in [0.4, 0.5) is 0 Å². The topological polar surface area (TPSA) is 47.6 Å². The fraction of sp³-hybridized carbons (Fsp3) is 0.438. The van der Waals surface area contributed by atoms with Crippen LogP contribution in [0.2, 0.25) is 0 Å². The quantitative estimate of drug-likeness (QED) is 0.550. The Hall–Kier alpha value is -1.39. The van der Waals surface area contributed by atoms with Crippen LogP contribution in [0.1, 0.15) is 31.6 Å². The second kappa shape index (κ2) is 10.4. The van der Waals surface area contributed by atoms with Crippen molar-refractivity contribution in [2.75, 3.05) is 13.3 Å². The van der Waals surface area contributed by atoms with Crippen LogP contribution in [0.25, 0.3) is 6.08 Å². The van der Waals surface area contributed by atoms with Crippen molar-refractivity contribution < 1.29 is 4.74 Å². The van der Waals surface area contributed by atoms with Gasteiger partial charge in [0.05, 0.1) is 5.71 Å². The molecular weight excluding hydrogens is 268 g/mol. The number of hydrogen-bond donors (Lipinski definition) is 1. The molecule has 0 aliphatic heterocycles. The van der Waals surface area contributed by atoms with Gasteiger partial charge in [-0.3, -0.25) is 4.99 Å². The molecule has 1 unspecified atom stereocenters. The van der Waals surface area contributed by atoms with E-state index in [1.807, 2.05) is 23.6 Å². The van der Waals surface area contributed by atoms with Crippen LogP contribution in [0.3, 0.4) is 0 Å². The van der Waals surface area contributed by atoms with Gasteiger partial charge in [0.15, 0.2) is 0 Å². The maximum atomic E-state index is 5.53. The van der Waals surface area contributed by atoms with Gasteiger partial charge in [-0.05, 0) is 48.2 Å². The number of allylic oxidation sites excluding steroid dienone is 2. The molecule has 0 fully saturated rings. The van der Waals surface area contributed by atoms with Gasteiger partial charge in [0.2, 0.25) is 0 Å². The van der Waals surface area contributed by atoms with Gasteiger partial charge in [0.1, 0.15) is 6.73 Å². The molecule has 3 nitrogen and oxygen atoms in total. The standard InChI is InChI=1S/C16H24N2OS/c1-3-14(2)9-11-19-13-18-15(8-10-17)6-7-16-5-4-12-20-16/h4-8,10,12,14H,3,9,11,13,17H2,1-2H3/b7-6+,10-8-,18-15+. The van der Waals surface area contributed by atoms with E-state index >= 15 is 0 Å². The fourth-order valence-electron chi connectivity index (χ4n) is 1.49. The molecule has 0 amide bonds. The molecule has 0 bridgehead atoms. The molecule has 2 N–H and O–H groups in total. The van der Waals surface area contributed by atoms with Gasteiger partial charge in [0.25, 0.3) is 0 Å². The molecule has 0 aliphatic rings. The predicted molar refractivity (Wildman–Crippen MR) is 89.0 cm³/mol. The number of nitrogens with zero attached hydrogens (tertiary/aromatic N) is 1. The summed E-state index contributed by atoms with van der Waals surface area (Å²) >= 11 is 1.69. The molecule has 4 heteroatoms. The van der Waals surface area contributed by atoms with Gasteiger partial charge in [-0.1, -0.05) is 26.3 Å². The summed E-state index contributed by atoms with van der Waals surface area (Å²) in [5, 5.41) is 2.05. The molecule has 1 rings (SSSR count). The molecular formula is C16H24N2OS. The van der Waals surface area contributed by atoms with Gasteiger partial charge < -0.3 is 10.5 Å². The third kappa shape index (κ3) is 7.26. The van der Waals surface area contributed by atoms with Gasteiger partial charge >= 0.3 is 0 Å². The molecule has 0 radical (unpaired) electrons. The summed E-state index contributed by atoms with van der Waals surface area (Å²) in [6.07, 6.45) is 9.53. The maximum Gasteiger partial charge on any atom is 0.138 e. The lowest BCUT2D eigenvalue weighted by molar-refractivity contribution is 0.129. The summed E-state index contributed by atoms with van der Waals surface area (Å²) < 4.78 is 5.53. The third-order valence-corrected chi connectivity index (χ3v) is 3.86. The first kappa shape index (κ1) is 16.7. The number of ether oxygens (including phenoxy) is 1. The van der Waals surface area contributed by atoms with Crippen LogP contribution in [0.5, 0.6) is 0 Å². The van der Waals surface area contributed by atoms with Gasteiger partial charge in [0, 0.05) is 11.5 Å². The number of nitrogens with two attached hydrogens (primary N) is 1. The molecule has 1 atom stereocenters. The molecule has 0 spiro atoms. The summed E-state index contributed by atoms with van der Waals surface area (Å²) in [5.41, 5.74) is 6.26. The first-order valence-electron chi connectivity index (χ1n) is 6.98. The Balaban J connectivity index is 2.39. The van der Waals surface area contributed by atoms with Crippen molar-refractivity contribution in [3.8, 4) is 0 Å². The SMILES string of the molecule is CCC(C)CCOC/N=C(/C=C\N)\C=C\c1cccs1. The Bertz CT molecular complexity index is 435. The highest BCUT2D eigenvalue weighted by Crippen LogP contribution is 2.10. The lowest BCUT2D eigenvalue weighted by Crippen LogP contribution is -2.02. The monoisotopic (exact) mass is 292 g/mol. The highest BCUT2D eigenvalue weighted by Gasteiger charge is 1.97. The molecule has 0 aromatic carbocycles. The summed E-state index contributed by atoms with van der Waals surface area (Å²) in [7, 11) is 0. The second-order valence-corrected chi connectivity index (χ2v) is 5.61. The molecule has 1 aromatic rings. The highest BCUT2D eigenvalue weighted by atomic mass is 32.1. The molecule has 0 aliphatic carbocycles. The zero-order chi connectivity index (χ0) is 14.6. The molecule has 20 heavy (non-hydrogen) atoms. The van der Waals surface area contributed by atoms with E-state index in [0.717, 1.165) is 18.7 Å². The van der Waals surface area contributed by atoms with E-state index in [4.69, 9.17) is 10.5 Å². The van der Waals surface area contributed by atoms with Gasteiger partial charge in [-0.25, -0.2) is 0 Å². The zero-order valence-corrected chi connectivity index (χ0v) is 13.1. The Morgan fingerprint density at radius 1 is 1.50 bits per heavy atom. The number of hydrogen-bond acceptors (Lipinski definition) is 4. The van der Waals surface area contributed by atoms with Crippen molar-refractivity contribution in [2.24, 2.45) is 16.6 Å². The minimum atomic E-state index is 0.380. The minimum Gasteiger partial charge on any atom is -0.405 e. The Labute approximate surface area is 125 Å². The first-order chi connectivity index (χ1) is 9.76. The Kier molecular flexibility index (Phi) is 8.67. The maximum absolute atomic E-state index is 5.53. The van der Waals surface area contributed by atoms with Crippen molar-refractivity contribution >= 4 is 23.1 Å². The lowest BCUT2D eigenvalue weighted by Gasteiger charge is -2.07. The van der Waals surface area contributed by atoms with Crippen LogP contribution < -0.4 is 5.73 Å². The van der Waals surface area contributed by atoms with E-state index in [-0.39, 0.29) is 0 Å². The normalized spacial score (nSPS) is 14.4. The Morgan fingerprint density at radius 2 is 2.35 bits per heavy atom. The van der Waals surface area contributed by atoms with Gasteiger partial charge in [-0.2, -0.15) is 0 Å². The Morgan fingerprint density at radius 3 is 3.00 bits per heavy atom. The van der Waals surface area contributed by atoms with Crippen molar-refractivity contribution in [1.29, 1.82) is 0 Å². The van der Waals surface area contributed by atoms with Crippen molar-refractivity contribution in [1.82, 2.24) is 0 Å². The van der Waals surface area contributed by atoms with Crippen molar-refractivity contribution in [2.45, 2.75) is 26.7 Å². The lowest BCUT2D eigenvalue weighted by atomic mass is 10.1. The summed E-state index contributed by atoms with van der Waals surface area (Å²) in [6, 6.07) is 4.09. The number of aliphatic imine (C=N–C) groups is 1. The van der Waals surface area contributed by atoms with Crippen LogP contribution in [-0.2, 0) is 4.74 Å². The number of thiophene rings is 1. The average molecular weight is 292 g/mol.